The number of amides is 1. The van der Waals surface area contributed by atoms with Gasteiger partial charge < -0.3 is 20.3 Å². The molecular weight excluding hydrogens is 959 g/mol. The summed E-state index contributed by atoms with van der Waals surface area (Å²) >= 11 is 0. The van der Waals surface area contributed by atoms with Crippen molar-refractivity contribution in [1.82, 2.24) is 5.32 Å². The second-order valence-corrected chi connectivity index (χ2v) is 24.6. The number of nitrogens with one attached hydrogen (secondary N) is 1. The minimum absolute atomic E-state index is 0.0186. The summed E-state index contributed by atoms with van der Waals surface area (Å²) in [5.41, 5.74) is 0. The van der Waals surface area contributed by atoms with E-state index in [2.05, 4.69) is 31.3 Å². The molecule has 462 valence electrons. The van der Waals surface area contributed by atoms with Gasteiger partial charge in [0, 0.05) is 12.8 Å². The van der Waals surface area contributed by atoms with Gasteiger partial charge in [-0.15, -0.1) is 0 Å². The van der Waals surface area contributed by atoms with E-state index < -0.39 is 12.1 Å². The molecule has 0 saturated carbocycles. The van der Waals surface area contributed by atoms with Crippen molar-refractivity contribution in [3.63, 3.8) is 0 Å². The zero-order valence-electron chi connectivity index (χ0n) is 52.9. The van der Waals surface area contributed by atoms with Gasteiger partial charge >= 0.3 is 5.97 Å². The van der Waals surface area contributed by atoms with E-state index in [1.54, 1.807) is 6.08 Å². The van der Waals surface area contributed by atoms with Crippen LogP contribution in [0, 0.1) is 0 Å². The van der Waals surface area contributed by atoms with Gasteiger partial charge in [0.2, 0.25) is 5.91 Å². The van der Waals surface area contributed by atoms with Crippen LogP contribution in [0.2, 0.25) is 0 Å². The minimum Gasteiger partial charge on any atom is -0.466 e. The molecule has 2 atom stereocenters. The molecule has 0 heterocycles. The SMILES string of the molecule is CCCCCCCCCCCCCCCCCC/C=C/C(O)C(CO)NC(=O)CCCCCCCCCCCC/C=C\CCCCCCCCCCCCCCOC(=O)CCCCCCCCCCCCCCCCCCC. The molecule has 0 radical (unpaired) electrons. The molecule has 3 N–H and O–H groups in total. The molecule has 0 aromatic rings. The first kappa shape index (κ1) is 76.3. The quantitative estimate of drug-likeness (QED) is 0.0320. The van der Waals surface area contributed by atoms with Crippen molar-refractivity contribution in [2.24, 2.45) is 0 Å². The molecule has 0 aliphatic heterocycles. The van der Waals surface area contributed by atoms with Gasteiger partial charge in [0.1, 0.15) is 0 Å². The minimum atomic E-state index is -0.846. The number of allylic oxidation sites excluding steroid dienone is 3. The van der Waals surface area contributed by atoms with E-state index in [1.807, 2.05) is 6.08 Å². The fourth-order valence-electron chi connectivity index (χ4n) is 11.3. The summed E-state index contributed by atoms with van der Waals surface area (Å²) < 4.78 is 5.51. The first-order chi connectivity index (χ1) is 38.5. The van der Waals surface area contributed by atoms with Crippen LogP contribution >= 0.6 is 0 Å². The Morgan fingerprint density at radius 3 is 0.910 bits per heavy atom. The van der Waals surface area contributed by atoms with Crippen LogP contribution in [-0.4, -0.2) is 47.4 Å². The molecule has 0 fully saturated rings. The Morgan fingerprint density at radius 1 is 0.346 bits per heavy atom. The van der Waals surface area contributed by atoms with Crippen LogP contribution in [0.1, 0.15) is 399 Å². The topological polar surface area (TPSA) is 95.9 Å². The molecule has 0 rings (SSSR count). The van der Waals surface area contributed by atoms with Crippen molar-refractivity contribution in [3.8, 4) is 0 Å². The summed E-state index contributed by atoms with van der Waals surface area (Å²) in [5.74, 6) is -0.0478. The van der Waals surface area contributed by atoms with Crippen LogP contribution in [0.3, 0.4) is 0 Å². The Bertz CT molecular complexity index is 1220. The number of esters is 1. The highest BCUT2D eigenvalue weighted by atomic mass is 16.5. The van der Waals surface area contributed by atoms with E-state index in [1.165, 1.54) is 334 Å². The van der Waals surface area contributed by atoms with E-state index in [4.69, 9.17) is 4.74 Å². The zero-order chi connectivity index (χ0) is 56.4. The highest BCUT2D eigenvalue weighted by Gasteiger charge is 2.18. The van der Waals surface area contributed by atoms with Crippen molar-refractivity contribution in [1.29, 1.82) is 0 Å². The van der Waals surface area contributed by atoms with Crippen molar-refractivity contribution in [2.75, 3.05) is 13.2 Å². The smallest absolute Gasteiger partial charge is 0.305 e. The summed E-state index contributed by atoms with van der Waals surface area (Å²) in [6.45, 7) is 4.95. The average Bonchev–Trinajstić information content (AvgIpc) is 3.44. The van der Waals surface area contributed by atoms with E-state index in [9.17, 15) is 19.8 Å². The third-order valence-electron chi connectivity index (χ3n) is 16.7. The average molecular weight is 1100 g/mol. The lowest BCUT2D eigenvalue weighted by molar-refractivity contribution is -0.143. The number of carbonyl (C=O) groups excluding carboxylic acids is 2. The molecule has 0 aliphatic rings. The van der Waals surface area contributed by atoms with Crippen LogP contribution in [0.15, 0.2) is 24.3 Å². The van der Waals surface area contributed by atoms with Crippen LogP contribution in [0.5, 0.6) is 0 Å². The number of aliphatic hydroxyl groups excluding tert-OH is 2. The number of aliphatic hydroxyl groups is 2. The second kappa shape index (κ2) is 67.8. The molecule has 6 nitrogen and oxygen atoms in total. The summed E-state index contributed by atoms with van der Waals surface area (Å²) in [6.07, 6.45) is 85.4. The fraction of sp³-hybridized carbons (Fsp3) is 0.917. The van der Waals surface area contributed by atoms with Gasteiger partial charge in [0.05, 0.1) is 25.4 Å². The molecule has 0 aromatic heterocycles. The molecule has 0 aromatic carbocycles. The maximum Gasteiger partial charge on any atom is 0.305 e. The zero-order valence-corrected chi connectivity index (χ0v) is 52.9. The molecule has 78 heavy (non-hydrogen) atoms. The third-order valence-corrected chi connectivity index (χ3v) is 16.7. The Kier molecular flexibility index (Phi) is 66.4. The molecule has 2 unspecified atom stereocenters. The standard InChI is InChI=1S/C72H139NO5/c1-3-5-7-9-11-13-15-17-19-21-33-36-40-44-48-52-56-60-64-70(75)69(68-74)73-71(76)65-61-57-53-49-45-41-37-34-30-28-26-24-22-23-25-27-29-31-35-39-43-47-51-55-59-63-67-78-72(77)66-62-58-54-50-46-42-38-32-20-18-16-14-12-10-8-6-4-2/h22,24,60,64,69-70,74-75H,3-21,23,25-59,61-63,65-68H2,1-2H3,(H,73,76)/b24-22-,64-60+. The molecule has 1 amide bonds. The van der Waals surface area contributed by atoms with Crippen molar-refractivity contribution in [3.05, 3.63) is 24.3 Å². The van der Waals surface area contributed by atoms with Crippen LogP contribution in [-0.2, 0) is 14.3 Å². The predicted octanol–water partition coefficient (Wildman–Crippen LogP) is 22.9. The van der Waals surface area contributed by atoms with Gasteiger partial charge in [-0.05, 0) is 57.8 Å². The maximum absolute atomic E-state index is 12.5. The molecular formula is C72H139NO5. The van der Waals surface area contributed by atoms with Crippen LogP contribution in [0.4, 0.5) is 0 Å². The number of hydrogen-bond acceptors (Lipinski definition) is 5. The number of carbonyl (C=O) groups is 2. The van der Waals surface area contributed by atoms with Gasteiger partial charge in [-0.1, -0.05) is 353 Å². The lowest BCUT2D eigenvalue weighted by Gasteiger charge is -2.20. The van der Waals surface area contributed by atoms with E-state index >= 15 is 0 Å². The second-order valence-electron chi connectivity index (χ2n) is 24.6. The molecule has 0 aliphatic carbocycles. The van der Waals surface area contributed by atoms with Gasteiger partial charge in [-0.25, -0.2) is 0 Å². The third kappa shape index (κ3) is 63.5. The summed E-state index contributed by atoms with van der Waals surface area (Å²) in [6, 6.07) is -0.630. The highest BCUT2D eigenvalue weighted by Crippen LogP contribution is 2.19. The normalized spacial score (nSPS) is 12.6. The summed E-state index contributed by atoms with van der Waals surface area (Å²) in [7, 11) is 0. The van der Waals surface area contributed by atoms with Crippen molar-refractivity contribution < 1.29 is 24.5 Å². The van der Waals surface area contributed by atoms with Gasteiger partial charge in [-0.2, -0.15) is 0 Å². The van der Waals surface area contributed by atoms with E-state index in [0.717, 1.165) is 38.5 Å². The van der Waals surface area contributed by atoms with Crippen LogP contribution in [0.25, 0.3) is 0 Å². The molecule has 0 spiro atoms. The summed E-state index contributed by atoms with van der Waals surface area (Å²) in [4.78, 5) is 24.6. The first-order valence-electron chi connectivity index (χ1n) is 35.6. The predicted molar refractivity (Wildman–Crippen MR) is 343 cm³/mol. The first-order valence-corrected chi connectivity index (χ1v) is 35.6. The fourth-order valence-corrected chi connectivity index (χ4v) is 11.3. The largest absolute Gasteiger partial charge is 0.466 e. The number of unbranched alkanes of at least 4 members (excludes halogenated alkanes) is 54. The van der Waals surface area contributed by atoms with E-state index in [-0.39, 0.29) is 18.5 Å². The van der Waals surface area contributed by atoms with Gasteiger partial charge in [-0.3, -0.25) is 9.59 Å². The van der Waals surface area contributed by atoms with Crippen molar-refractivity contribution in [2.45, 2.75) is 411 Å². The number of ether oxygens (including phenoxy) is 1. The maximum atomic E-state index is 12.5. The van der Waals surface area contributed by atoms with Crippen LogP contribution < -0.4 is 5.32 Å². The molecule has 0 bridgehead atoms. The van der Waals surface area contributed by atoms with E-state index in [0.29, 0.717) is 19.4 Å². The monoisotopic (exact) mass is 1100 g/mol. The Hall–Kier alpha value is -1.66. The Balaban J connectivity index is 3.39. The Labute approximate surface area is 488 Å². The number of hydrogen-bond donors (Lipinski definition) is 3. The number of rotatable bonds is 67. The molecule has 6 heteroatoms. The summed E-state index contributed by atoms with van der Waals surface area (Å²) in [5, 5.41) is 23.2. The lowest BCUT2D eigenvalue weighted by Crippen LogP contribution is -2.45. The van der Waals surface area contributed by atoms with Crippen molar-refractivity contribution >= 4 is 11.9 Å². The van der Waals surface area contributed by atoms with Gasteiger partial charge in [0.15, 0.2) is 0 Å². The molecule has 0 saturated heterocycles. The highest BCUT2D eigenvalue weighted by molar-refractivity contribution is 5.76. The Morgan fingerprint density at radius 2 is 0.603 bits per heavy atom. The lowest BCUT2D eigenvalue weighted by atomic mass is 10.0. The van der Waals surface area contributed by atoms with Gasteiger partial charge in [0.25, 0.3) is 0 Å².